The normalized spacial score (nSPS) is 21.0. The van der Waals surface area contributed by atoms with Gasteiger partial charge in [0.2, 0.25) is 0 Å². The molecule has 0 aromatic heterocycles. The molecule has 1 heterocycles. The SMILES string of the molecule is CC1CN(Cc2cc(F)cc(F)c2)CCN1.Cl. The lowest BCUT2D eigenvalue weighted by molar-refractivity contribution is 0.199. The maximum absolute atomic E-state index is 13.0. The minimum absolute atomic E-state index is 0. The lowest BCUT2D eigenvalue weighted by atomic mass is 10.1. The summed E-state index contributed by atoms with van der Waals surface area (Å²) in [5.74, 6) is -1.00. The molecule has 0 amide bonds. The molecule has 0 radical (unpaired) electrons. The van der Waals surface area contributed by atoms with Gasteiger partial charge in [-0.05, 0) is 24.6 Å². The van der Waals surface area contributed by atoms with E-state index in [1.165, 1.54) is 12.1 Å². The molecule has 96 valence electrons. The Morgan fingerprint density at radius 2 is 1.94 bits per heavy atom. The van der Waals surface area contributed by atoms with Crippen molar-refractivity contribution in [1.82, 2.24) is 10.2 Å². The lowest BCUT2D eigenvalue weighted by Gasteiger charge is -2.31. The molecule has 1 atom stereocenters. The fourth-order valence-corrected chi connectivity index (χ4v) is 2.12. The van der Waals surface area contributed by atoms with Crippen LogP contribution in [0.15, 0.2) is 18.2 Å². The van der Waals surface area contributed by atoms with Gasteiger partial charge in [0.15, 0.2) is 0 Å². The van der Waals surface area contributed by atoms with Gasteiger partial charge in [-0.25, -0.2) is 8.78 Å². The molecular formula is C12H17ClF2N2. The van der Waals surface area contributed by atoms with Gasteiger partial charge in [-0.1, -0.05) is 0 Å². The van der Waals surface area contributed by atoms with Gasteiger partial charge in [-0.15, -0.1) is 12.4 Å². The first-order valence-electron chi connectivity index (χ1n) is 5.54. The zero-order valence-corrected chi connectivity index (χ0v) is 10.6. The monoisotopic (exact) mass is 262 g/mol. The van der Waals surface area contributed by atoms with Crippen molar-refractivity contribution in [3.63, 3.8) is 0 Å². The summed E-state index contributed by atoms with van der Waals surface area (Å²) in [6.07, 6.45) is 0. The highest BCUT2D eigenvalue weighted by Gasteiger charge is 2.15. The second-order valence-electron chi connectivity index (χ2n) is 4.37. The molecule has 5 heteroatoms. The fourth-order valence-electron chi connectivity index (χ4n) is 2.12. The van der Waals surface area contributed by atoms with Crippen molar-refractivity contribution in [2.75, 3.05) is 19.6 Å². The van der Waals surface area contributed by atoms with Gasteiger partial charge in [-0.3, -0.25) is 4.90 Å². The van der Waals surface area contributed by atoms with Crippen LogP contribution < -0.4 is 5.32 Å². The van der Waals surface area contributed by atoms with E-state index in [0.717, 1.165) is 25.7 Å². The van der Waals surface area contributed by atoms with E-state index < -0.39 is 11.6 Å². The molecule has 0 saturated carbocycles. The van der Waals surface area contributed by atoms with Crippen LogP contribution in [0.2, 0.25) is 0 Å². The van der Waals surface area contributed by atoms with Gasteiger partial charge in [0.05, 0.1) is 0 Å². The number of rotatable bonds is 2. The Hall–Kier alpha value is -0.710. The molecule has 1 N–H and O–H groups in total. The highest BCUT2D eigenvalue weighted by molar-refractivity contribution is 5.85. The van der Waals surface area contributed by atoms with Crippen LogP contribution in [-0.2, 0) is 6.54 Å². The molecule has 0 aliphatic carbocycles. The molecule has 0 bridgehead atoms. The first kappa shape index (κ1) is 14.4. The van der Waals surface area contributed by atoms with Crippen molar-refractivity contribution in [2.45, 2.75) is 19.5 Å². The largest absolute Gasteiger partial charge is 0.312 e. The topological polar surface area (TPSA) is 15.3 Å². The van der Waals surface area contributed by atoms with E-state index >= 15 is 0 Å². The molecule has 1 aromatic rings. The molecule has 1 aromatic carbocycles. The third-order valence-electron chi connectivity index (χ3n) is 2.78. The van der Waals surface area contributed by atoms with E-state index in [1.807, 2.05) is 0 Å². The summed E-state index contributed by atoms with van der Waals surface area (Å²) in [6.45, 7) is 5.48. The first-order valence-corrected chi connectivity index (χ1v) is 5.54. The van der Waals surface area contributed by atoms with Crippen molar-refractivity contribution in [2.24, 2.45) is 0 Å². The summed E-state index contributed by atoms with van der Waals surface area (Å²) >= 11 is 0. The predicted molar refractivity (Wildman–Crippen MR) is 66.3 cm³/mol. The van der Waals surface area contributed by atoms with Gasteiger partial charge in [0.1, 0.15) is 11.6 Å². The molecule has 0 spiro atoms. The maximum Gasteiger partial charge on any atom is 0.126 e. The predicted octanol–water partition coefficient (Wildman–Crippen LogP) is 2.18. The van der Waals surface area contributed by atoms with Crippen LogP contribution in [0, 0.1) is 11.6 Å². The van der Waals surface area contributed by atoms with Gasteiger partial charge >= 0.3 is 0 Å². The average Bonchev–Trinajstić information content (AvgIpc) is 2.15. The zero-order chi connectivity index (χ0) is 11.5. The van der Waals surface area contributed by atoms with Crippen molar-refractivity contribution in [3.8, 4) is 0 Å². The second kappa shape index (κ2) is 6.28. The zero-order valence-electron chi connectivity index (χ0n) is 9.75. The molecule has 1 aliphatic heterocycles. The summed E-state index contributed by atoms with van der Waals surface area (Å²) < 4.78 is 26.0. The number of hydrogen-bond donors (Lipinski definition) is 1. The van der Waals surface area contributed by atoms with E-state index in [1.54, 1.807) is 0 Å². The molecule has 1 aliphatic rings. The molecule has 1 fully saturated rings. The van der Waals surface area contributed by atoms with Gasteiger partial charge < -0.3 is 5.32 Å². The number of benzene rings is 1. The Bertz CT molecular complexity index is 353. The Morgan fingerprint density at radius 3 is 2.53 bits per heavy atom. The van der Waals surface area contributed by atoms with Crippen molar-refractivity contribution >= 4 is 12.4 Å². The smallest absolute Gasteiger partial charge is 0.126 e. The van der Waals surface area contributed by atoms with E-state index in [4.69, 9.17) is 0 Å². The van der Waals surface area contributed by atoms with E-state index in [-0.39, 0.29) is 12.4 Å². The molecule has 17 heavy (non-hydrogen) atoms. The van der Waals surface area contributed by atoms with E-state index in [2.05, 4.69) is 17.1 Å². The lowest BCUT2D eigenvalue weighted by Crippen LogP contribution is -2.48. The number of piperazine rings is 1. The van der Waals surface area contributed by atoms with Crippen LogP contribution in [0.1, 0.15) is 12.5 Å². The van der Waals surface area contributed by atoms with Gasteiger partial charge in [0.25, 0.3) is 0 Å². The van der Waals surface area contributed by atoms with Crippen LogP contribution in [0.4, 0.5) is 8.78 Å². The van der Waals surface area contributed by atoms with Crippen molar-refractivity contribution in [3.05, 3.63) is 35.4 Å². The highest BCUT2D eigenvalue weighted by atomic mass is 35.5. The van der Waals surface area contributed by atoms with Crippen molar-refractivity contribution in [1.29, 1.82) is 0 Å². The second-order valence-corrected chi connectivity index (χ2v) is 4.37. The Balaban J connectivity index is 0.00000144. The third-order valence-corrected chi connectivity index (χ3v) is 2.78. The van der Waals surface area contributed by atoms with Crippen LogP contribution in [0.5, 0.6) is 0 Å². The number of nitrogens with zero attached hydrogens (tertiary/aromatic N) is 1. The quantitative estimate of drug-likeness (QED) is 0.879. The fraction of sp³-hybridized carbons (Fsp3) is 0.500. The minimum Gasteiger partial charge on any atom is -0.312 e. The van der Waals surface area contributed by atoms with Gasteiger partial charge in [-0.2, -0.15) is 0 Å². The van der Waals surface area contributed by atoms with Crippen LogP contribution in [0.3, 0.4) is 0 Å². The summed E-state index contributed by atoms with van der Waals surface area (Å²) in [4.78, 5) is 2.20. The van der Waals surface area contributed by atoms with Crippen molar-refractivity contribution < 1.29 is 8.78 Å². The minimum atomic E-state index is -0.502. The van der Waals surface area contributed by atoms with Gasteiger partial charge in [0, 0.05) is 38.3 Å². The Labute approximate surface area is 106 Å². The molecule has 2 nitrogen and oxygen atoms in total. The molecule has 1 saturated heterocycles. The van der Waals surface area contributed by atoms with Crippen LogP contribution in [0.25, 0.3) is 0 Å². The Kier molecular flexibility index (Phi) is 5.31. The number of halogens is 3. The van der Waals surface area contributed by atoms with E-state index in [0.29, 0.717) is 18.2 Å². The standard InChI is InChI=1S/C12H16F2N2.ClH/c1-9-7-16(3-2-15-9)8-10-4-11(13)6-12(14)5-10;/h4-6,9,15H,2-3,7-8H2,1H3;1H. The number of hydrogen-bond acceptors (Lipinski definition) is 2. The molecule has 1 unspecified atom stereocenters. The van der Waals surface area contributed by atoms with E-state index in [9.17, 15) is 8.78 Å². The summed E-state index contributed by atoms with van der Waals surface area (Å²) in [5, 5.41) is 3.33. The number of nitrogens with one attached hydrogen (secondary N) is 1. The molecule has 2 rings (SSSR count). The molecular weight excluding hydrogens is 246 g/mol. The van der Waals surface area contributed by atoms with Crippen LogP contribution >= 0.6 is 12.4 Å². The van der Waals surface area contributed by atoms with Crippen LogP contribution in [-0.4, -0.2) is 30.6 Å². The Morgan fingerprint density at radius 1 is 1.29 bits per heavy atom. The summed E-state index contributed by atoms with van der Waals surface area (Å²) in [6, 6.07) is 4.14. The first-order chi connectivity index (χ1) is 7.63. The third kappa shape index (κ3) is 4.22. The highest BCUT2D eigenvalue weighted by Crippen LogP contribution is 2.11. The summed E-state index contributed by atoms with van der Waals surface area (Å²) in [5.41, 5.74) is 0.701. The average molecular weight is 263 g/mol. The maximum atomic E-state index is 13.0. The summed E-state index contributed by atoms with van der Waals surface area (Å²) in [7, 11) is 0.